The molecule has 5 nitrogen and oxygen atoms in total. The number of hydrogen-bond donors (Lipinski definition) is 1. The molecule has 2 aromatic rings. The molecule has 0 aromatic heterocycles. The van der Waals surface area contributed by atoms with Gasteiger partial charge in [-0.1, -0.05) is 69.5 Å². The molecule has 0 heterocycles. The number of amides is 2. The molecule has 2 amide bonds. The first-order valence-corrected chi connectivity index (χ1v) is 12.3. The highest BCUT2D eigenvalue weighted by molar-refractivity contribution is 6.30. The number of ether oxygens (including phenoxy) is 1. The van der Waals surface area contributed by atoms with Crippen molar-refractivity contribution in [3.8, 4) is 5.75 Å². The van der Waals surface area contributed by atoms with Crippen molar-refractivity contribution < 1.29 is 14.3 Å². The summed E-state index contributed by atoms with van der Waals surface area (Å²) >= 11 is 6.03. The van der Waals surface area contributed by atoms with Gasteiger partial charge in [-0.05, 0) is 60.6 Å². The zero-order valence-corrected chi connectivity index (χ0v) is 20.6. The first kappa shape index (κ1) is 25.1. The van der Waals surface area contributed by atoms with Crippen molar-refractivity contribution in [1.82, 2.24) is 10.2 Å². The van der Waals surface area contributed by atoms with Gasteiger partial charge in [-0.2, -0.15) is 0 Å². The van der Waals surface area contributed by atoms with Gasteiger partial charge in [-0.3, -0.25) is 9.59 Å². The Morgan fingerprint density at radius 3 is 2.27 bits per heavy atom. The van der Waals surface area contributed by atoms with E-state index in [4.69, 9.17) is 16.3 Å². The quantitative estimate of drug-likeness (QED) is 0.484. The van der Waals surface area contributed by atoms with Gasteiger partial charge < -0.3 is 15.0 Å². The fraction of sp³-hybridized carbons (Fsp3) is 0.481. The predicted molar refractivity (Wildman–Crippen MR) is 133 cm³/mol. The molecule has 0 bridgehead atoms. The summed E-state index contributed by atoms with van der Waals surface area (Å²) in [6.07, 6.45) is 4.81. The molecule has 0 radical (unpaired) electrons. The highest BCUT2D eigenvalue weighted by atomic mass is 35.5. The molecule has 0 spiro atoms. The molecular weight excluding hydrogens is 436 g/mol. The zero-order chi connectivity index (χ0) is 23.8. The van der Waals surface area contributed by atoms with Crippen LogP contribution in [-0.2, 0) is 16.1 Å². The maximum absolute atomic E-state index is 13.3. The molecular formula is C27H35ClN2O3. The second kappa shape index (κ2) is 12.1. The Morgan fingerprint density at radius 2 is 1.70 bits per heavy atom. The third-order valence-electron chi connectivity index (χ3n) is 6.26. The Hall–Kier alpha value is -2.53. The van der Waals surface area contributed by atoms with Crippen LogP contribution in [0, 0.1) is 0 Å². The van der Waals surface area contributed by atoms with Crippen molar-refractivity contribution in [3.63, 3.8) is 0 Å². The van der Waals surface area contributed by atoms with Crippen LogP contribution in [0.15, 0.2) is 48.5 Å². The van der Waals surface area contributed by atoms with E-state index in [2.05, 4.69) is 19.2 Å². The van der Waals surface area contributed by atoms with Crippen molar-refractivity contribution in [2.24, 2.45) is 0 Å². The Bertz CT molecular complexity index is 906. The van der Waals surface area contributed by atoms with Gasteiger partial charge in [-0.15, -0.1) is 0 Å². The van der Waals surface area contributed by atoms with Crippen molar-refractivity contribution in [1.29, 1.82) is 0 Å². The molecule has 1 saturated carbocycles. The summed E-state index contributed by atoms with van der Waals surface area (Å²) in [6, 6.07) is 14.8. The first-order chi connectivity index (χ1) is 15.9. The second-order valence-corrected chi connectivity index (χ2v) is 9.51. The molecule has 178 valence electrons. The average molecular weight is 471 g/mol. The minimum atomic E-state index is -0.555. The normalized spacial score (nSPS) is 14.8. The number of halogens is 1. The lowest BCUT2D eigenvalue weighted by Crippen LogP contribution is -2.52. The lowest BCUT2D eigenvalue weighted by atomic mass is 10.0. The maximum atomic E-state index is 13.3. The SMILES string of the molecule is CCC(C(=O)NC1CCCC1)N(Cc1ccc(Cl)cc1)C(=O)COc1ccc(C(C)C)cc1. The van der Waals surface area contributed by atoms with E-state index < -0.39 is 6.04 Å². The van der Waals surface area contributed by atoms with Gasteiger partial charge in [0.1, 0.15) is 11.8 Å². The monoisotopic (exact) mass is 470 g/mol. The van der Waals surface area contributed by atoms with Crippen LogP contribution in [-0.4, -0.2) is 35.4 Å². The number of nitrogens with one attached hydrogen (secondary N) is 1. The van der Waals surface area contributed by atoms with Crippen molar-refractivity contribution >= 4 is 23.4 Å². The molecule has 6 heteroatoms. The summed E-state index contributed by atoms with van der Waals surface area (Å²) in [5.41, 5.74) is 2.13. The van der Waals surface area contributed by atoms with Gasteiger partial charge in [0.25, 0.3) is 5.91 Å². The fourth-order valence-corrected chi connectivity index (χ4v) is 4.38. The Labute approximate surface area is 202 Å². The van der Waals surface area contributed by atoms with E-state index >= 15 is 0 Å². The van der Waals surface area contributed by atoms with Crippen molar-refractivity contribution in [2.75, 3.05) is 6.61 Å². The molecule has 33 heavy (non-hydrogen) atoms. The van der Waals surface area contributed by atoms with E-state index in [-0.39, 0.29) is 24.5 Å². The predicted octanol–water partition coefficient (Wildman–Crippen LogP) is 5.71. The molecule has 3 rings (SSSR count). The summed E-state index contributed by atoms with van der Waals surface area (Å²) in [5.74, 6) is 0.765. The standard InChI is InChI=1S/C27H35ClN2O3/c1-4-25(27(32)29-23-7-5-6-8-23)30(17-20-9-13-22(28)14-10-20)26(31)18-33-24-15-11-21(12-16-24)19(2)3/h9-16,19,23,25H,4-8,17-18H2,1-3H3,(H,29,32). The molecule has 1 N–H and O–H groups in total. The summed E-state index contributed by atoms with van der Waals surface area (Å²) in [7, 11) is 0. The number of benzene rings is 2. The minimum absolute atomic E-state index is 0.0898. The van der Waals surface area contributed by atoms with E-state index in [1.54, 1.807) is 17.0 Å². The minimum Gasteiger partial charge on any atom is -0.484 e. The van der Waals surface area contributed by atoms with Crippen LogP contribution < -0.4 is 10.1 Å². The summed E-state index contributed by atoms with van der Waals surface area (Å²) in [5, 5.41) is 3.79. The number of hydrogen-bond acceptors (Lipinski definition) is 3. The van der Waals surface area contributed by atoms with E-state index in [1.165, 1.54) is 5.56 Å². The van der Waals surface area contributed by atoms with Gasteiger partial charge in [0, 0.05) is 17.6 Å². The number of nitrogens with zero attached hydrogens (tertiary/aromatic N) is 1. The largest absolute Gasteiger partial charge is 0.484 e. The Morgan fingerprint density at radius 1 is 1.06 bits per heavy atom. The zero-order valence-electron chi connectivity index (χ0n) is 19.9. The highest BCUT2D eigenvalue weighted by Gasteiger charge is 2.30. The van der Waals surface area contributed by atoms with Gasteiger partial charge in [0.05, 0.1) is 0 Å². The topological polar surface area (TPSA) is 58.6 Å². The van der Waals surface area contributed by atoms with E-state index in [9.17, 15) is 9.59 Å². The molecule has 1 unspecified atom stereocenters. The molecule has 2 aromatic carbocycles. The smallest absolute Gasteiger partial charge is 0.261 e. The summed E-state index contributed by atoms with van der Waals surface area (Å²) in [6.45, 7) is 6.40. The Balaban J connectivity index is 1.73. The highest BCUT2D eigenvalue weighted by Crippen LogP contribution is 2.21. The van der Waals surface area contributed by atoms with E-state index in [1.807, 2.05) is 43.3 Å². The van der Waals surface area contributed by atoms with Gasteiger partial charge in [0.2, 0.25) is 5.91 Å². The van der Waals surface area contributed by atoms with Crippen LogP contribution in [0.1, 0.15) is 69.9 Å². The molecule has 1 aliphatic rings. The summed E-state index contributed by atoms with van der Waals surface area (Å²) < 4.78 is 5.80. The Kier molecular flexibility index (Phi) is 9.19. The molecule has 1 atom stereocenters. The number of carbonyl (C=O) groups excluding carboxylic acids is 2. The average Bonchev–Trinajstić information content (AvgIpc) is 3.32. The fourth-order valence-electron chi connectivity index (χ4n) is 4.25. The number of rotatable bonds is 10. The van der Waals surface area contributed by atoms with E-state index in [0.29, 0.717) is 29.7 Å². The first-order valence-electron chi connectivity index (χ1n) is 11.9. The lowest BCUT2D eigenvalue weighted by Gasteiger charge is -2.31. The maximum Gasteiger partial charge on any atom is 0.261 e. The van der Waals surface area contributed by atoms with Crippen LogP contribution in [0.4, 0.5) is 0 Å². The molecule has 0 saturated heterocycles. The summed E-state index contributed by atoms with van der Waals surface area (Å²) in [4.78, 5) is 28.1. The second-order valence-electron chi connectivity index (χ2n) is 9.07. The number of carbonyl (C=O) groups is 2. The van der Waals surface area contributed by atoms with Crippen LogP contribution >= 0.6 is 11.6 Å². The lowest BCUT2D eigenvalue weighted by molar-refractivity contribution is -0.143. The van der Waals surface area contributed by atoms with Crippen LogP contribution in [0.3, 0.4) is 0 Å². The van der Waals surface area contributed by atoms with Crippen LogP contribution in [0.2, 0.25) is 5.02 Å². The third-order valence-corrected chi connectivity index (χ3v) is 6.51. The van der Waals surface area contributed by atoms with Gasteiger partial charge in [-0.25, -0.2) is 0 Å². The van der Waals surface area contributed by atoms with Crippen LogP contribution in [0.25, 0.3) is 0 Å². The van der Waals surface area contributed by atoms with Gasteiger partial charge in [0.15, 0.2) is 6.61 Å². The third kappa shape index (κ3) is 7.23. The van der Waals surface area contributed by atoms with E-state index in [0.717, 1.165) is 31.2 Å². The van der Waals surface area contributed by atoms with Crippen LogP contribution in [0.5, 0.6) is 5.75 Å². The van der Waals surface area contributed by atoms with Crippen molar-refractivity contribution in [3.05, 3.63) is 64.7 Å². The molecule has 1 aliphatic carbocycles. The van der Waals surface area contributed by atoms with Gasteiger partial charge >= 0.3 is 0 Å². The molecule has 1 fully saturated rings. The molecule has 0 aliphatic heterocycles. The van der Waals surface area contributed by atoms with Crippen molar-refractivity contribution in [2.45, 2.75) is 77.4 Å².